The Hall–Kier alpha value is -3.02. The predicted molar refractivity (Wildman–Crippen MR) is 136 cm³/mol. The maximum Gasteiger partial charge on any atom is 0.325 e. The highest BCUT2D eigenvalue weighted by atomic mass is 32.2. The lowest BCUT2D eigenvalue weighted by Gasteiger charge is -2.29. The number of sulfonamides is 1. The molecule has 1 fully saturated rings. The molecule has 1 aliphatic rings. The molecule has 192 valence electrons. The molecule has 0 radical (unpaired) electrons. The first-order chi connectivity index (χ1) is 17.3. The first kappa shape index (κ1) is 26.1. The Morgan fingerprint density at radius 1 is 1.08 bits per heavy atom. The van der Waals surface area contributed by atoms with Crippen molar-refractivity contribution in [3.8, 4) is 5.75 Å². The van der Waals surface area contributed by atoms with Gasteiger partial charge in [0.25, 0.3) is 5.91 Å². The average Bonchev–Trinajstić information content (AvgIpc) is 3.24. The average molecular weight is 532 g/mol. The molecule has 11 heteroatoms. The Morgan fingerprint density at radius 2 is 1.78 bits per heavy atom. The molecule has 9 nitrogen and oxygen atoms in total. The number of ether oxygens (including phenoxy) is 2. The molecule has 1 aliphatic heterocycles. The molecule has 0 atom stereocenters. The highest BCUT2D eigenvalue weighted by Crippen LogP contribution is 2.26. The van der Waals surface area contributed by atoms with Gasteiger partial charge in [0.1, 0.15) is 12.3 Å². The Balaban J connectivity index is 1.54. The molecule has 0 saturated carbocycles. The standard InChI is InChI=1S/C25H29N3O6S2/c1-4-17-5-10-21-22(15-17)35-25(28(21)16-23(29)34-3)26-24(30)18-11-13-27(14-12-18)36(31,32)20-8-6-19(33-2)7-9-20/h5-10,15,18H,4,11-14,16H2,1-3H3. The van der Waals surface area contributed by atoms with Crippen molar-refractivity contribution in [1.29, 1.82) is 0 Å². The maximum absolute atomic E-state index is 13.1. The number of thiazole rings is 1. The first-order valence-corrected chi connectivity index (χ1v) is 13.9. The second-order valence-corrected chi connectivity index (χ2v) is 11.5. The van der Waals surface area contributed by atoms with E-state index in [1.165, 1.54) is 42.0 Å². The highest BCUT2D eigenvalue weighted by molar-refractivity contribution is 7.89. The van der Waals surface area contributed by atoms with Gasteiger partial charge >= 0.3 is 5.97 Å². The van der Waals surface area contributed by atoms with Crippen molar-refractivity contribution < 1.29 is 27.5 Å². The SMILES string of the molecule is CCc1ccc2c(c1)sc(=NC(=O)C1CCN(S(=O)(=O)c3ccc(OC)cc3)CC1)n2CC(=O)OC. The third-order valence-electron chi connectivity index (χ3n) is 6.38. The van der Waals surface area contributed by atoms with Crippen molar-refractivity contribution >= 4 is 43.5 Å². The number of carbonyl (C=O) groups excluding carboxylic acids is 2. The summed E-state index contributed by atoms with van der Waals surface area (Å²) in [4.78, 5) is 30.1. The number of hydrogen-bond acceptors (Lipinski definition) is 7. The number of fused-ring (bicyclic) bond motifs is 1. The predicted octanol–water partition coefficient (Wildman–Crippen LogP) is 2.98. The zero-order valence-corrected chi connectivity index (χ0v) is 22.1. The number of nitrogens with zero attached hydrogens (tertiary/aromatic N) is 3. The van der Waals surface area contributed by atoms with Gasteiger partial charge in [-0.25, -0.2) is 8.42 Å². The largest absolute Gasteiger partial charge is 0.497 e. The van der Waals surface area contributed by atoms with Crippen molar-refractivity contribution in [2.75, 3.05) is 27.3 Å². The molecule has 1 aromatic heterocycles. The van der Waals surface area contributed by atoms with Gasteiger partial charge in [-0.05, 0) is 61.2 Å². The van der Waals surface area contributed by atoms with E-state index in [0.29, 0.717) is 23.4 Å². The quantitative estimate of drug-likeness (QED) is 0.434. The molecule has 0 aliphatic carbocycles. The van der Waals surface area contributed by atoms with Crippen molar-refractivity contribution in [2.45, 2.75) is 37.6 Å². The first-order valence-electron chi connectivity index (χ1n) is 11.7. The van der Waals surface area contributed by atoms with Crippen molar-refractivity contribution in [1.82, 2.24) is 8.87 Å². The minimum Gasteiger partial charge on any atom is -0.497 e. The van der Waals surface area contributed by atoms with E-state index in [2.05, 4.69) is 11.9 Å². The van der Waals surface area contributed by atoms with E-state index in [1.807, 2.05) is 18.2 Å². The lowest BCUT2D eigenvalue weighted by Crippen LogP contribution is -2.40. The van der Waals surface area contributed by atoms with E-state index >= 15 is 0 Å². The van der Waals surface area contributed by atoms with Crippen LogP contribution in [0.4, 0.5) is 0 Å². The molecule has 1 amide bonds. The number of hydrogen-bond donors (Lipinski definition) is 0. The second kappa shape index (κ2) is 10.9. The molecule has 4 rings (SSSR count). The van der Waals surface area contributed by atoms with Crippen molar-refractivity contribution in [3.63, 3.8) is 0 Å². The normalized spacial score (nSPS) is 15.8. The van der Waals surface area contributed by atoms with E-state index in [4.69, 9.17) is 9.47 Å². The highest BCUT2D eigenvalue weighted by Gasteiger charge is 2.32. The van der Waals surface area contributed by atoms with Gasteiger partial charge in [0.2, 0.25) is 10.0 Å². The van der Waals surface area contributed by atoms with Gasteiger partial charge in [-0.3, -0.25) is 9.59 Å². The summed E-state index contributed by atoms with van der Waals surface area (Å²) >= 11 is 1.35. The molecule has 3 aromatic rings. The summed E-state index contributed by atoms with van der Waals surface area (Å²) < 4.78 is 40.0. The minimum absolute atomic E-state index is 0.0490. The molecule has 1 saturated heterocycles. The maximum atomic E-state index is 13.1. The van der Waals surface area contributed by atoms with Crippen LogP contribution in [0.1, 0.15) is 25.3 Å². The fraction of sp³-hybridized carbons (Fsp3) is 0.400. The number of amides is 1. The number of carbonyl (C=O) groups is 2. The van der Waals surface area contributed by atoms with Crippen molar-refractivity contribution in [3.05, 3.63) is 52.8 Å². The zero-order chi connectivity index (χ0) is 25.9. The Labute approximate surface area is 214 Å². The fourth-order valence-electron chi connectivity index (χ4n) is 4.19. The van der Waals surface area contributed by atoms with E-state index in [1.54, 1.807) is 16.7 Å². The topological polar surface area (TPSA) is 107 Å². The van der Waals surface area contributed by atoms with Crippen LogP contribution in [0.5, 0.6) is 5.75 Å². The molecule has 0 bridgehead atoms. The number of aromatic nitrogens is 1. The number of esters is 1. The van der Waals surface area contributed by atoms with E-state index < -0.39 is 21.9 Å². The van der Waals surface area contributed by atoms with Crippen LogP contribution >= 0.6 is 11.3 Å². The summed E-state index contributed by atoms with van der Waals surface area (Å²) in [6.45, 7) is 2.48. The number of aryl methyl sites for hydroxylation is 1. The third kappa shape index (κ3) is 5.37. The van der Waals surface area contributed by atoms with Crippen LogP contribution in [0.25, 0.3) is 10.2 Å². The van der Waals surface area contributed by atoms with Gasteiger partial charge in [-0.2, -0.15) is 9.30 Å². The van der Waals surface area contributed by atoms with Crippen LogP contribution in [-0.2, 0) is 37.3 Å². The summed E-state index contributed by atoms with van der Waals surface area (Å²) in [5.74, 6) is -0.552. The van der Waals surface area contributed by atoms with Crippen LogP contribution < -0.4 is 9.54 Å². The van der Waals surface area contributed by atoms with Crippen LogP contribution in [-0.4, -0.2) is 56.5 Å². The van der Waals surface area contributed by atoms with Gasteiger partial charge in [0.15, 0.2) is 4.80 Å². The number of piperidine rings is 1. The van der Waals surface area contributed by atoms with E-state index in [9.17, 15) is 18.0 Å². The number of benzene rings is 2. The summed E-state index contributed by atoms with van der Waals surface area (Å²) in [5, 5.41) is 0. The van der Waals surface area contributed by atoms with Crippen LogP contribution in [0.2, 0.25) is 0 Å². The molecule has 0 spiro atoms. The molecular weight excluding hydrogens is 502 g/mol. The second-order valence-electron chi connectivity index (χ2n) is 8.51. The zero-order valence-electron chi connectivity index (χ0n) is 20.5. The third-order valence-corrected chi connectivity index (χ3v) is 9.33. The molecule has 2 heterocycles. The summed E-state index contributed by atoms with van der Waals surface area (Å²) in [6.07, 6.45) is 1.62. The molecular formula is C25H29N3O6S2. The number of rotatable bonds is 7. The monoisotopic (exact) mass is 531 g/mol. The van der Waals surface area contributed by atoms with E-state index in [0.717, 1.165) is 22.2 Å². The van der Waals surface area contributed by atoms with Gasteiger partial charge in [-0.1, -0.05) is 24.3 Å². The molecule has 0 N–H and O–H groups in total. The van der Waals surface area contributed by atoms with Crippen molar-refractivity contribution in [2.24, 2.45) is 10.9 Å². The minimum atomic E-state index is -3.66. The van der Waals surface area contributed by atoms with Crippen LogP contribution in [0.3, 0.4) is 0 Å². The van der Waals surface area contributed by atoms with Gasteiger partial charge in [0.05, 0.1) is 29.3 Å². The van der Waals surface area contributed by atoms with Gasteiger partial charge in [-0.15, -0.1) is 0 Å². The summed E-state index contributed by atoms with van der Waals surface area (Å²) in [6, 6.07) is 12.2. The molecule has 36 heavy (non-hydrogen) atoms. The smallest absolute Gasteiger partial charge is 0.325 e. The summed E-state index contributed by atoms with van der Waals surface area (Å²) in [7, 11) is -0.816. The van der Waals surface area contributed by atoms with Crippen LogP contribution in [0, 0.1) is 5.92 Å². The van der Waals surface area contributed by atoms with Gasteiger partial charge < -0.3 is 14.0 Å². The Morgan fingerprint density at radius 3 is 2.39 bits per heavy atom. The van der Waals surface area contributed by atoms with Crippen LogP contribution in [0.15, 0.2) is 52.4 Å². The Bertz CT molecular complexity index is 1430. The summed E-state index contributed by atoms with van der Waals surface area (Å²) in [5.41, 5.74) is 1.96. The lowest BCUT2D eigenvalue weighted by atomic mass is 9.98. The Kier molecular flexibility index (Phi) is 7.91. The fourth-order valence-corrected chi connectivity index (χ4v) is 6.76. The van der Waals surface area contributed by atoms with E-state index in [-0.39, 0.29) is 30.4 Å². The van der Waals surface area contributed by atoms with Gasteiger partial charge in [0, 0.05) is 19.0 Å². The molecule has 2 aromatic carbocycles. The number of methoxy groups -OCH3 is 2. The lowest BCUT2D eigenvalue weighted by molar-refractivity contribution is -0.141. The molecule has 0 unspecified atom stereocenters.